The number of fused-ring (bicyclic) bond motifs is 1. The van der Waals surface area contributed by atoms with E-state index in [0.29, 0.717) is 6.54 Å². The van der Waals surface area contributed by atoms with Gasteiger partial charge in [-0.15, -0.1) is 0 Å². The van der Waals surface area contributed by atoms with Gasteiger partial charge in [-0.25, -0.2) is 0 Å². The Morgan fingerprint density at radius 1 is 1.10 bits per heavy atom. The first-order valence-corrected chi connectivity index (χ1v) is 6.85. The Kier molecular flexibility index (Phi) is 2.97. The Hall–Kier alpha value is -2.29. The molecule has 0 saturated heterocycles. The van der Waals surface area contributed by atoms with Gasteiger partial charge in [0, 0.05) is 17.8 Å². The highest BCUT2D eigenvalue weighted by Crippen LogP contribution is 2.32. The van der Waals surface area contributed by atoms with Crippen molar-refractivity contribution in [1.29, 1.82) is 0 Å². The largest absolute Gasteiger partial charge is 0.398 e. The van der Waals surface area contributed by atoms with Crippen LogP contribution in [0.25, 0.3) is 0 Å². The molecule has 2 aromatic carbocycles. The SMILES string of the molecule is Cc1ccc(N)c(C)c1N1CCc2ccccc2C1=O. The van der Waals surface area contributed by atoms with Crippen LogP contribution < -0.4 is 10.6 Å². The van der Waals surface area contributed by atoms with Gasteiger partial charge in [0.1, 0.15) is 0 Å². The van der Waals surface area contributed by atoms with Crippen LogP contribution in [-0.4, -0.2) is 12.5 Å². The molecule has 1 amide bonds. The average molecular weight is 266 g/mol. The molecule has 0 radical (unpaired) electrons. The molecule has 0 aromatic heterocycles. The number of carbonyl (C=O) groups is 1. The average Bonchev–Trinajstić information content (AvgIpc) is 2.46. The normalized spacial score (nSPS) is 14.3. The van der Waals surface area contributed by atoms with Gasteiger partial charge in [-0.3, -0.25) is 4.79 Å². The number of hydrogen-bond donors (Lipinski definition) is 1. The summed E-state index contributed by atoms with van der Waals surface area (Å²) < 4.78 is 0. The van der Waals surface area contributed by atoms with Gasteiger partial charge in [0.25, 0.3) is 5.91 Å². The number of benzene rings is 2. The predicted molar refractivity (Wildman–Crippen MR) is 82.2 cm³/mol. The summed E-state index contributed by atoms with van der Waals surface area (Å²) in [6, 6.07) is 11.7. The third kappa shape index (κ3) is 1.86. The number of rotatable bonds is 1. The van der Waals surface area contributed by atoms with Crippen LogP contribution in [0.2, 0.25) is 0 Å². The molecule has 102 valence electrons. The van der Waals surface area contributed by atoms with E-state index in [-0.39, 0.29) is 5.91 Å². The minimum Gasteiger partial charge on any atom is -0.398 e. The number of nitrogen functional groups attached to an aromatic ring is 1. The molecule has 1 aliphatic heterocycles. The van der Waals surface area contributed by atoms with Crippen molar-refractivity contribution in [1.82, 2.24) is 0 Å². The Balaban J connectivity index is 2.10. The summed E-state index contributed by atoms with van der Waals surface area (Å²) in [7, 11) is 0. The monoisotopic (exact) mass is 266 g/mol. The first kappa shape index (κ1) is 12.7. The highest BCUT2D eigenvalue weighted by Gasteiger charge is 2.27. The molecular formula is C17H18N2O. The van der Waals surface area contributed by atoms with E-state index in [2.05, 4.69) is 0 Å². The van der Waals surface area contributed by atoms with Gasteiger partial charge in [-0.05, 0) is 49.1 Å². The molecule has 0 spiro atoms. The molecule has 2 aromatic rings. The lowest BCUT2D eigenvalue weighted by atomic mass is 9.96. The fraction of sp³-hybridized carbons (Fsp3) is 0.235. The van der Waals surface area contributed by atoms with E-state index >= 15 is 0 Å². The number of nitrogens with two attached hydrogens (primary N) is 1. The van der Waals surface area contributed by atoms with Crippen molar-refractivity contribution < 1.29 is 4.79 Å². The van der Waals surface area contributed by atoms with Crippen molar-refractivity contribution in [2.24, 2.45) is 0 Å². The second-order valence-corrected chi connectivity index (χ2v) is 5.31. The second-order valence-electron chi connectivity index (χ2n) is 5.31. The minimum atomic E-state index is 0.0728. The molecule has 0 bridgehead atoms. The van der Waals surface area contributed by atoms with Crippen molar-refractivity contribution in [3.05, 3.63) is 58.7 Å². The third-order valence-electron chi connectivity index (χ3n) is 4.04. The minimum absolute atomic E-state index is 0.0728. The summed E-state index contributed by atoms with van der Waals surface area (Å²) in [6.07, 6.45) is 0.885. The van der Waals surface area contributed by atoms with Crippen molar-refractivity contribution in [3.8, 4) is 0 Å². The molecule has 20 heavy (non-hydrogen) atoms. The van der Waals surface area contributed by atoms with Gasteiger partial charge in [0.05, 0.1) is 5.69 Å². The molecule has 3 nitrogen and oxygen atoms in total. The van der Waals surface area contributed by atoms with Crippen molar-refractivity contribution in [2.75, 3.05) is 17.2 Å². The van der Waals surface area contributed by atoms with Crippen LogP contribution in [0.1, 0.15) is 27.0 Å². The summed E-state index contributed by atoms with van der Waals surface area (Å²) in [5, 5.41) is 0. The van der Waals surface area contributed by atoms with E-state index in [0.717, 1.165) is 40.0 Å². The molecular weight excluding hydrogens is 248 g/mol. The van der Waals surface area contributed by atoms with E-state index in [1.54, 1.807) is 0 Å². The first-order valence-electron chi connectivity index (χ1n) is 6.85. The molecule has 3 heteroatoms. The van der Waals surface area contributed by atoms with Crippen molar-refractivity contribution in [2.45, 2.75) is 20.3 Å². The summed E-state index contributed by atoms with van der Waals surface area (Å²) >= 11 is 0. The van der Waals surface area contributed by atoms with E-state index in [9.17, 15) is 4.79 Å². The van der Waals surface area contributed by atoms with Crippen molar-refractivity contribution >= 4 is 17.3 Å². The Bertz CT molecular complexity index is 691. The van der Waals surface area contributed by atoms with Crippen LogP contribution >= 0.6 is 0 Å². The molecule has 0 fully saturated rings. The molecule has 0 unspecified atom stereocenters. The van der Waals surface area contributed by atoms with Crippen LogP contribution in [0.15, 0.2) is 36.4 Å². The third-order valence-corrected chi connectivity index (χ3v) is 4.04. The van der Waals surface area contributed by atoms with Crippen LogP contribution in [0, 0.1) is 13.8 Å². The van der Waals surface area contributed by atoms with Gasteiger partial charge in [-0.2, -0.15) is 0 Å². The zero-order valence-corrected chi connectivity index (χ0v) is 11.8. The van der Waals surface area contributed by atoms with Gasteiger partial charge in [-0.1, -0.05) is 24.3 Å². The zero-order valence-electron chi connectivity index (χ0n) is 11.8. The number of nitrogens with zero attached hydrogens (tertiary/aromatic N) is 1. The number of anilines is 2. The lowest BCUT2D eigenvalue weighted by Crippen LogP contribution is -2.38. The predicted octanol–water partition coefficient (Wildman–Crippen LogP) is 3.09. The van der Waals surface area contributed by atoms with Gasteiger partial charge in [0.2, 0.25) is 0 Å². The van der Waals surface area contributed by atoms with Crippen molar-refractivity contribution in [3.63, 3.8) is 0 Å². The molecule has 0 atom stereocenters. The topological polar surface area (TPSA) is 46.3 Å². The van der Waals surface area contributed by atoms with Gasteiger partial charge < -0.3 is 10.6 Å². The number of carbonyl (C=O) groups excluding carboxylic acids is 1. The summed E-state index contributed by atoms with van der Waals surface area (Å²) in [6.45, 7) is 4.71. The van der Waals surface area contributed by atoms with Crippen LogP contribution in [-0.2, 0) is 6.42 Å². The quantitative estimate of drug-likeness (QED) is 0.806. The summed E-state index contributed by atoms with van der Waals surface area (Å²) in [4.78, 5) is 14.6. The number of aryl methyl sites for hydroxylation is 1. The first-order chi connectivity index (χ1) is 9.59. The molecule has 0 aliphatic carbocycles. The number of amides is 1. The molecule has 1 heterocycles. The maximum atomic E-state index is 12.7. The second kappa shape index (κ2) is 4.67. The zero-order chi connectivity index (χ0) is 14.3. The Morgan fingerprint density at radius 2 is 1.85 bits per heavy atom. The Labute approximate surface area is 119 Å². The molecule has 0 saturated carbocycles. The summed E-state index contributed by atoms with van der Waals surface area (Å²) in [5.41, 5.74) is 11.7. The maximum Gasteiger partial charge on any atom is 0.258 e. The standard InChI is InChI=1S/C17H18N2O/c1-11-7-8-15(18)12(2)16(11)19-10-9-13-5-3-4-6-14(13)17(19)20/h3-8H,9-10,18H2,1-2H3. The van der Waals surface area contributed by atoms with Crippen LogP contribution in [0.4, 0.5) is 11.4 Å². The highest BCUT2D eigenvalue weighted by molar-refractivity contribution is 6.09. The summed E-state index contributed by atoms with van der Waals surface area (Å²) in [5.74, 6) is 0.0728. The Morgan fingerprint density at radius 3 is 2.65 bits per heavy atom. The molecule has 1 aliphatic rings. The van der Waals surface area contributed by atoms with E-state index in [1.807, 2.05) is 55.1 Å². The highest BCUT2D eigenvalue weighted by atomic mass is 16.2. The van der Waals surface area contributed by atoms with Crippen LogP contribution in [0.3, 0.4) is 0 Å². The maximum absolute atomic E-state index is 12.7. The smallest absolute Gasteiger partial charge is 0.258 e. The van der Waals surface area contributed by atoms with E-state index in [4.69, 9.17) is 5.73 Å². The lowest BCUT2D eigenvalue weighted by Gasteiger charge is -2.31. The van der Waals surface area contributed by atoms with E-state index in [1.165, 1.54) is 0 Å². The molecule has 2 N–H and O–H groups in total. The number of hydrogen-bond acceptors (Lipinski definition) is 2. The fourth-order valence-electron chi connectivity index (χ4n) is 2.91. The fourth-order valence-corrected chi connectivity index (χ4v) is 2.91. The molecule has 3 rings (SSSR count). The van der Waals surface area contributed by atoms with Crippen LogP contribution in [0.5, 0.6) is 0 Å². The van der Waals surface area contributed by atoms with E-state index < -0.39 is 0 Å². The van der Waals surface area contributed by atoms with Gasteiger partial charge >= 0.3 is 0 Å². The lowest BCUT2D eigenvalue weighted by molar-refractivity contribution is 0.0980. The van der Waals surface area contributed by atoms with Gasteiger partial charge in [0.15, 0.2) is 0 Å².